The maximum atomic E-state index is 13.2. The van der Waals surface area contributed by atoms with E-state index in [2.05, 4.69) is 5.10 Å². The number of hydrogen-bond acceptors (Lipinski definition) is 3. The largest absolute Gasteiger partial charge is 0.433 e. The number of aromatic nitrogens is 2. The number of aryl methyl sites for hydroxylation is 1. The van der Waals surface area contributed by atoms with E-state index in [4.69, 9.17) is 17.3 Å². The maximum absolute atomic E-state index is 13.2. The van der Waals surface area contributed by atoms with Crippen LogP contribution < -0.4 is 5.73 Å². The van der Waals surface area contributed by atoms with Crippen LogP contribution in [0.5, 0.6) is 0 Å². The van der Waals surface area contributed by atoms with Crippen LogP contribution in [0, 0.1) is 6.92 Å². The molecule has 2 aromatic carbocycles. The number of rotatable bonds is 4. The molecule has 0 atom stereocenters. The summed E-state index contributed by atoms with van der Waals surface area (Å²) >= 11 is 6.06. The highest BCUT2D eigenvalue weighted by molar-refractivity contribution is 6.31. The second-order valence-corrected chi connectivity index (χ2v) is 6.45. The number of nitrogens with two attached hydrogens (primary N) is 1. The number of hydrogen-bond donors (Lipinski definition) is 1. The van der Waals surface area contributed by atoms with Gasteiger partial charge in [-0.15, -0.1) is 0 Å². The third-order valence-electron chi connectivity index (χ3n) is 4.01. The highest BCUT2D eigenvalue weighted by Crippen LogP contribution is 2.33. The molecule has 0 aliphatic carbocycles. The lowest BCUT2D eigenvalue weighted by molar-refractivity contribution is -0.142. The summed E-state index contributed by atoms with van der Waals surface area (Å²) < 4.78 is 40.3. The van der Waals surface area contributed by atoms with Gasteiger partial charge in [-0.05, 0) is 42.8 Å². The van der Waals surface area contributed by atoms with Crippen LogP contribution in [-0.4, -0.2) is 15.6 Å². The first kappa shape index (κ1) is 19.0. The fourth-order valence-corrected chi connectivity index (χ4v) is 2.93. The van der Waals surface area contributed by atoms with Crippen LogP contribution in [0.3, 0.4) is 0 Å². The molecular formula is C19H15ClF3N3O. The first-order chi connectivity index (χ1) is 12.7. The molecule has 0 saturated heterocycles. The standard InChI is InChI=1S/C19H15ClF3N3O/c1-11-8-18(19(21,22)23)26(25-11)16-7-6-13(9-15(16)24)17(27)10-12-4-2-3-5-14(12)20/h2-9H,10,24H2,1H3. The molecule has 4 nitrogen and oxygen atoms in total. The molecule has 0 saturated carbocycles. The Labute approximate surface area is 158 Å². The molecule has 2 N–H and O–H groups in total. The number of anilines is 1. The van der Waals surface area contributed by atoms with Crippen LogP contribution in [0.4, 0.5) is 18.9 Å². The topological polar surface area (TPSA) is 60.9 Å². The summed E-state index contributed by atoms with van der Waals surface area (Å²) in [6, 6.07) is 12.0. The van der Waals surface area contributed by atoms with Gasteiger partial charge in [0.1, 0.15) is 5.69 Å². The summed E-state index contributed by atoms with van der Waals surface area (Å²) in [7, 11) is 0. The Morgan fingerprint density at radius 2 is 1.89 bits per heavy atom. The van der Waals surface area contributed by atoms with Gasteiger partial charge >= 0.3 is 6.18 Å². The summed E-state index contributed by atoms with van der Waals surface area (Å²) in [6.45, 7) is 1.46. The Morgan fingerprint density at radius 1 is 1.19 bits per heavy atom. The summed E-state index contributed by atoms with van der Waals surface area (Å²) in [5, 5.41) is 4.35. The van der Waals surface area contributed by atoms with Crippen LogP contribution in [-0.2, 0) is 12.6 Å². The van der Waals surface area contributed by atoms with Crippen molar-refractivity contribution >= 4 is 23.1 Å². The molecule has 0 radical (unpaired) electrons. The van der Waals surface area contributed by atoms with Crippen LogP contribution in [0.25, 0.3) is 5.69 Å². The first-order valence-corrected chi connectivity index (χ1v) is 8.35. The summed E-state index contributed by atoms with van der Waals surface area (Å²) in [4.78, 5) is 12.5. The second kappa shape index (κ2) is 7.08. The van der Waals surface area contributed by atoms with Gasteiger partial charge in [-0.3, -0.25) is 4.79 Å². The van der Waals surface area contributed by atoms with E-state index in [1.54, 1.807) is 24.3 Å². The monoisotopic (exact) mass is 393 g/mol. The van der Waals surface area contributed by atoms with Gasteiger partial charge in [-0.25, -0.2) is 4.68 Å². The molecule has 0 aliphatic rings. The minimum Gasteiger partial charge on any atom is -0.397 e. The number of alkyl halides is 3. The molecule has 140 valence electrons. The van der Waals surface area contributed by atoms with Gasteiger partial charge in [-0.1, -0.05) is 29.8 Å². The highest BCUT2D eigenvalue weighted by Gasteiger charge is 2.36. The zero-order chi connectivity index (χ0) is 19.8. The Balaban J connectivity index is 1.93. The van der Waals surface area contributed by atoms with Crippen molar-refractivity contribution in [3.63, 3.8) is 0 Å². The third kappa shape index (κ3) is 3.98. The quantitative estimate of drug-likeness (QED) is 0.508. The molecule has 0 aliphatic heterocycles. The second-order valence-electron chi connectivity index (χ2n) is 6.05. The van der Waals surface area contributed by atoms with E-state index in [0.29, 0.717) is 10.6 Å². The summed E-state index contributed by atoms with van der Waals surface area (Å²) in [6.07, 6.45) is -4.51. The summed E-state index contributed by atoms with van der Waals surface area (Å²) in [5.74, 6) is -0.242. The van der Waals surface area contributed by atoms with E-state index in [0.717, 1.165) is 10.7 Å². The molecule has 0 unspecified atom stereocenters. The molecular weight excluding hydrogens is 379 g/mol. The van der Waals surface area contributed by atoms with E-state index >= 15 is 0 Å². The van der Waals surface area contributed by atoms with Crippen molar-refractivity contribution in [1.82, 2.24) is 9.78 Å². The Bertz CT molecular complexity index is 1010. The molecule has 0 fully saturated rings. The fourth-order valence-electron chi connectivity index (χ4n) is 2.72. The van der Waals surface area contributed by atoms with Crippen LogP contribution in [0.2, 0.25) is 5.02 Å². The zero-order valence-electron chi connectivity index (χ0n) is 14.2. The SMILES string of the molecule is Cc1cc(C(F)(F)F)n(-c2ccc(C(=O)Cc3ccccc3Cl)cc2N)n1. The Hall–Kier alpha value is -2.80. The number of Topliss-reactive ketones (excluding diaryl/α,β-unsaturated/α-hetero) is 1. The van der Waals surface area contributed by atoms with Crippen molar-refractivity contribution in [2.75, 3.05) is 5.73 Å². The van der Waals surface area contributed by atoms with Gasteiger partial charge in [0.2, 0.25) is 0 Å². The number of carbonyl (C=O) groups is 1. The maximum Gasteiger partial charge on any atom is 0.433 e. The van der Waals surface area contributed by atoms with Crippen molar-refractivity contribution in [3.8, 4) is 5.69 Å². The number of nitrogen functional groups attached to an aromatic ring is 1. The molecule has 1 aromatic heterocycles. The zero-order valence-corrected chi connectivity index (χ0v) is 15.0. The van der Waals surface area contributed by atoms with Crippen LogP contribution in [0.1, 0.15) is 27.3 Å². The van der Waals surface area contributed by atoms with Crippen LogP contribution >= 0.6 is 11.6 Å². The van der Waals surface area contributed by atoms with Crippen molar-refractivity contribution in [2.45, 2.75) is 19.5 Å². The molecule has 0 spiro atoms. The van der Waals surface area contributed by atoms with E-state index in [1.807, 2.05) is 0 Å². The van der Waals surface area contributed by atoms with Gasteiger partial charge in [0.15, 0.2) is 5.78 Å². The van der Waals surface area contributed by atoms with Gasteiger partial charge in [0, 0.05) is 17.0 Å². The minimum absolute atomic E-state index is 0.0219. The molecule has 3 rings (SSSR count). The van der Waals surface area contributed by atoms with Gasteiger partial charge in [0.05, 0.1) is 17.1 Å². The van der Waals surface area contributed by atoms with E-state index in [-0.39, 0.29) is 34.8 Å². The first-order valence-electron chi connectivity index (χ1n) is 7.97. The van der Waals surface area contributed by atoms with Gasteiger partial charge in [0.25, 0.3) is 0 Å². The Morgan fingerprint density at radius 3 is 2.52 bits per heavy atom. The summed E-state index contributed by atoms with van der Waals surface area (Å²) in [5.41, 5.74) is 6.24. The normalized spacial score (nSPS) is 11.6. The lowest BCUT2D eigenvalue weighted by Gasteiger charge is -2.13. The number of halogens is 4. The third-order valence-corrected chi connectivity index (χ3v) is 4.38. The number of benzene rings is 2. The minimum atomic E-state index is -4.58. The lowest BCUT2D eigenvalue weighted by atomic mass is 10.0. The predicted molar refractivity (Wildman–Crippen MR) is 97.2 cm³/mol. The van der Waals surface area contributed by atoms with Crippen molar-refractivity contribution in [2.24, 2.45) is 0 Å². The van der Waals surface area contributed by atoms with Crippen molar-refractivity contribution < 1.29 is 18.0 Å². The van der Waals surface area contributed by atoms with Crippen molar-refractivity contribution in [1.29, 1.82) is 0 Å². The van der Waals surface area contributed by atoms with Gasteiger partial charge < -0.3 is 5.73 Å². The molecule has 8 heteroatoms. The average molecular weight is 394 g/mol. The Kier molecular flexibility index (Phi) is 4.97. The average Bonchev–Trinajstić information content (AvgIpc) is 2.98. The van der Waals surface area contributed by atoms with Crippen LogP contribution in [0.15, 0.2) is 48.5 Å². The number of nitrogens with zero attached hydrogens (tertiary/aromatic N) is 2. The lowest BCUT2D eigenvalue weighted by Crippen LogP contribution is -2.15. The van der Waals surface area contributed by atoms with E-state index < -0.39 is 11.9 Å². The predicted octanol–water partition coefficient (Wildman–Crippen LogP) is 4.86. The fraction of sp³-hybridized carbons (Fsp3) is 0.158. The molecule has 27 heavy (non-hydrogen) atoms. The molecule has 0 bridgehead atoms. The number of carbonyl (C=O) groups excluding carboxylic acids is 1. The molecule has 0 amide bonds. The van der Waals surface area contributed by atoms with E-state index in [9.17, 15) is 18.0 Å². The number of ketones is 1. The molecule has 1 heterocycles. The smallest absolute Gasteiger partial charge is 0.397 e. The van der Waals surface area contributed by atoms with E-state index in [1.165, 1.54) is 25.1 Å². The highest BCUT2D eigenvalue weighted by atomic mass is 35.5. The van der Waals surface area contributed by atoms with Gasteiger partial charge in [-0.2, -0.15) is 18.3 Å². The van der Waals surface area contributed by atoms with Crippen molar-refractivity contribution in [3.05, 3.63) is 76.1 Å². The molecule has 3 aromatic rings.